The SMILES string of the molecule is [2H]c1cnc(N2CCN(C([2H])([2H])C([2H])([2H])C([2H])([2H])CN3C(=O)[C@@H]4[C@@H]5CC[C@@H](C5)[C@@H]4C3=O)CC2)nc1. The van der Waals surface area contributed by atoms with Crippen molar-refractivity contribution in [1.29, 1.82) is 0 Å². The molecule has 1 aromatic heterocycles. The van der Waals surface area contributed by atoms with Gasteiger partial charge >= 0.3 is 0 Å². The quantitative estimate of drug-likeness (QED) is 0.684. The number of hydrogen-bond acceptors (Lipinski definition) is 6. The molecule has 150 valence electrons. The average Bonchev–Trinajstić information content (AvgIpc) is 3.50. The Bertz CT molecular complexity index is 988. The zero-order valence-electron chi connectivity index (χ0n) is 22.7. The van der Waals surface area contributed by atoms with Crippen LogP contribution >= 0.6 is 0 Å². The van der Waals surface area contributed by atoms with Crippen molar-refractivity contribution in [2.75, 3.05) is 44.1 Å². The summed E-state index contributed by atoms with van der Waals surface area (Å²) in [6.07, 6.45) is -0.463. The first-order chi connectivity index (χ1) is 16.3. The van der Waals surface area contributed by atoms with E-state index in [-0.39, 0.29) is 31.0 Å². The van der Waals surface area contributed by atoms with E-state index in [1.807, 2.05) is 0 Å². The van der Waals surface area contributed by atoms with Crippen LogP contribution in [-0.4, -0.2) is 70.8 Å². The van der Waals surface area contributed by atoms with Crippen molar-refractivity contribution in [2.45, 2.75) is 32.0 Å². The Balaban J connectivity index is 1.28. The molecule has 5 rings (SSSR count). The van der Waals surface area contributed by atoms with Gasteiger partial charge in [-0.2, -0.15) is 0 Å². The first kappa shape index (κ1) is 11.9. The molecule has 4 aliphatic rings. The number of nitrogens with zero attached hydrogens (tertiary/aromatic N) is 5. The highest BCUT2D eigenvalue weighted by atomic mass is 16.2. The molecule has 4 fully saturated rings. The summed E-state index contributed by atoms with van der Waals surface area (Å²) in [5, 5.41) is 0. The molecule has 0 unspecified atom stereocenters. The molecule has 7 nitrogen and oxygen atoms in total. The van der Waals surface area contributed by atoms with E-state index in [9.17, 15) is 9.59 Å². The highest BCUT2D eigenvalue weighted by Gasteiger charge is 2.60. The van der Waals surface area contributed by atoms with Gasteiger partial charge in [-0.1, -0.05) is 0 Å². The molecule has 4 atom stereocenters. The molecule has 2 saturated carbocycles. The molecule has 2 amide bonds. The predicted octanol–water partition coefficient (Wildman–Crippen LogP) is 1.41. The monoisotopic (exact) mass is 390 g/mol. The van der Waals surface area contributed by atoms with Crippen molar-refractivity contribution in [1.82, 2.24) is 19.8 Å². The molecule has 0 aromatic carbocycles. The topological polar surface area (TPSA) is 69.6 Å². The number of fused-ring (bicyclic) bond motifs is 5. The molecule has 0 N–H and O–H groups in total. The van der Waals surface area contributed by atoms with Crippen molar-refractivity contribution < 1.29 is 19.2 Å². The lowest BCUT2D eigenvalue weighted by atomic mass is 9.81. The lowest BCUT2D eigenvalue weighted by Gasteiger charge is -2.34. The second-order valence-electron chi connectivity index (χ2n) is 8.02. The van der Waals surface area contributed by atoms with E-state index in [0.29, 0.717) is 19.0 Å². The van der Waals surface area contributed by atoms with Crippen molar-refractivity contribution in [3.63, 3.8) is 0 Å². The molecule has 3 heterocycles. The molecule has 2 saturated heterocycles. The maximum Gasteiger partial charge on any atom is 0.233 e. The largest absolute Gasteiger partial charge is 0.338 e. The van der Waals surface area contributed by atoms with Crippen LogP contribution in [0.1, 0.15) is 41.6 Å². The van der Waals surface area contributed by atoms with Crippen LogP contribution in [0.4, 0.5) is 5.95 Å². The molecule has 1 aromatic rings. The number of amides is 2. The highest BCUT2D eigenvalue weighted by Crippen LogP contribution is 2.56. The Morgan fingerprint density at radius 3 is 2.29 bits per heavy atom. The number of anilines is 1. The Morgan fingerprint density at radius 1 is 1.00 bits per heavy atom. The Labute approximate surface area is 175 Å². The third-order valence-corrected chi connectivity index (χ3v) is 6.63. The molecule has 2 aliphatic heterocycles. The van der Waals surface area contributed by atoms with E-state index in [1.54, 1.807) is 4.90 Å². The minimum absolute atomic E-state index is 0.101. The van der Waals surface area contributed by atoms with Gasteiger partial charge in [-0.15, -0.1) is 0 Å². The summed E-state index contributed by atoms with van der Waals surface area (Å²) in [5.74, 6) is -1.06. The molecule has 0 spiro atoms. The van der Waals surface area contributed by atoms with Gasteiger partial charge in [0.15, 0.2) is 0 Å². The van der Waals surface area contributed by atoms with Gasteiger partial charge in [0.25, 0.3) is 0 Å². The molecule has 28 heavy (non-hydrogen) atoms. The van der Waals surface area contributed by atoms with Gasteiger partial charge in [0.2, 0.25) is 17.8 Å². The summed E-state index contributed by atoms with van der Waals surface area (Å²) in [4.78, 5) is 38.1. The van der Waals surface area contributed by atoms with Crippen LogP contribution < -0.4 is 4.90 Å². The zero-order chi connectivity index (χ0) is 25.3. The maximum atomic E-state index is 13.0. The van der Waals surface area contributed by atoms with Gasteiger partial charge in [0.1, 0.15) is 0 Å². The second-order valence-corrected chi connectivity index (χ2v) is 8.02. The minimum Gasteiger partial charge on any atom is -0.338 e. The fourth-order valence-electron chi connectivity index (χ4n) is 5.30. The van der Waals surface area contributed by atoms with Crippen LogP contribution in [0.2, 0.25) is 0 Å². The standard InChI is InChI=1S/C21H29N5O2/c27-19-17-15-4-5-16(14-15)18(17)20(28)26(19)9-2-1-8-24-10-12-25(13-11-24)21-22-6-3-7-23-21/h3,6-7,15-18H,1-2,4-5,8-14H2/t15-,16+,17-,18+/i1D2,2D2,3D,8D2. The van der Waals surface area contributed by atoms with Gasteiger partial charge in [0.05, 0.1) is 13.2 Å². The lowest BCUT2D eigenvalue weighted by molar-refractivity contribution is -0.140. The normalized spacial score (nSPS) is 37.6. The number of aromatic nitrogens is 2. The van der Waals surface area contributed by atoms with E-state index in [1.165, 1.54) is 17.3 Å². The van der Waals surface area contributed by atoms with Crippen LogP contribution in [-0.2, 0) is 9.59 Å². The predicted molar refractivity (Wildman–Crippen MR) is 104 cm³/mol. The number of carbonyl (C=O) groups is 2. The van der Waals surface area contributed by atoms with Crippen molar-refractivity contribution in [2.24, 2.45) is 23.7 Å². The smallest absolute Gasteiger partial charge is 0.233 e. The number of hydrogen-bond donors (Lipinski definition) is 0. The van der Waals surface area contributed by atoms with E-state index in [4.69, 9.17) is 9.60 Å². The summed E-state index contributed by atoms with van der Waals surface area (Å²) < 4.78 is 58.7. The first-order valence-electron chi connectivity index (χ1n) is 13.5. The summed E-state index contributed by atoms with van der Waals surface area (Å²) in [6.45, 7) is -2.70. The molecule has 0 radical (unpaired) electrons. The Kier molecular flexibility index (Phi) is 3.14. The van der Waals surface area contributed by atoms with Crippen LogP contribution in [0, 0.1) is 23.7 Å². The van der Waals surface area contributed by atoms with Crippen molar-refractivity contribution >= 4 is 17.8 Å². The third kappa shape index (κ3) is 3.09. The van der Waals surface area contributed by atoms with Gasteiger partial charge < -0.3 is 4.90 Å². The Morgan fingerprint density at radius 2 is 1.64 bits per heavy atom. The number of likely N-dealkylation sites (tertiary alicyclic amines) is 1. The molecular weight excluding hydrogens is 354 g/mol. The zero-order valence-corrected chi connectivity index (χ0v) is 15.7. The van der Waals surface area contributed by atoms with Gasteiger partial charge in [-0.3, -0.25) is 19.4 Å². The molecule has 7 heteroatoms. The number of carbonyl (C=O) groups excluding carboxylic acids is 2. The van der Waals surface area contributed by atoms with E-state index in [0.717, 1.165) is 24.2 Å². The summed E-state index contributed by atoms with van der Waals surface area (Å²) in [7, 11) is 0. The fourth-order valence-corrected chi connectivity index (χ4v) is 5.30. The fraction of sp³-hybridized carbons (Fsp3) is 0.714. The van der Waals surface area contributed by atoms with E-state index in [2.05, 4.69) is 9.97 Å². The third-order valence-electron chi connectivity index (χ3n) is 6.63. The van der Waals surface area contributed by atoms with Crippen LogP contribution in [0.3, 0.4) is 0 Å². The minimum atomic E-state index is -3.01. The summed E-state index contributed by atoms with van der Waals surface area (Å²) in [6, 6.07) is 0.172. The summed E-state index contributed by atoms with van der Waals surface area (Å²) in [5.41, 5.74) is 0. The van der Waals surface area contributed by atoms with Gasteiger partial charge in [-0.25, -0.2) is 9.97 Å². The molecule has 2 bridgehead atoms. The molecular formula is C21H29N5O2. The summed E-state index contributed by atoms with van der Waals surface area (Å²) >= 11 is 0. The maximum absolute atomic E-state index is 13.0. The highest BCUT2D eigenvalue weighted by molar-refractivity contribution is 6.06. The second kappa shape index (κ2) is 7.43. The van der Waals surface area contributed by atoms with Crippen molar-refractivity contribution in [3.8, 4) is 0 Å². The van der Waals surface area contributed by atoms with Crippen LogP contribution in [0.15, 0.2) is 18.4 Å². The average molecular weight is 391 g/mol. The van der Waals surface area contributed by atoms with E-state index < -0.39 is 49.4 Å². The van der Waals surface area contributed by atoms with Gasteiger partial charge in [0, 0.05) is 53.3 Å². The number of rotatable bonds is 6. The van der Waals surface area contributed by atoms with Crippen molar-refractivity contribution in [3.05, 3.63) is 18.4 Å². The van der Waals surface area contributed by atoms with E-state index >= 15 is 0 Å². The molecule has 2 aliphatic carbocycles. The lowest BCUT2D eigenvalue weighted by Crippen LogP contribution is -2.47. The van der Waals surface area contributed by atoms with Crippen LogP contribution in [0.5, 0.6) is 0 Å². The number of piperazine rings is 1. The Hall–Kier alpha value is -2.02. The number of imide groups is 1. The first-order valence-corrected chi connectivity index (χ1v) is 9.99. The van der Waals surface area contributed by atoms with Crippen LogP contribution in [0.25, 0.3) is 0 Å². The van der Waals surface area contributed by atoms with Gasteiger partial charge in [-0.05, 0) is 56.4 Å².